The highest BCUT2D eigenvalue weighted by molar-refractivity contribution is 14.1. The molecular formula is C4H3IN2O2. The predicted molar refractivity (Wildman–Crippen MR) is 39.4 cm³/mol. The molecule has 0 fully saturated rings. The molecule has 9 heavy (non-hydrogen) atoms. The van der Waals surface area contributed by atoms with E-state index in [9.17, 15) is 9.59 Å². The minimum Gasteiger partial charge on any atom is -0.315 e. The number of carbonyl (C=O) groups excluding carboxylic acids is 2. The Hall–Kier alpha value is -0.460. The Bertz CT molecular complexity index is 189. The lowest BCUT2D eigenvalue weighted by Crippen LogP contribution is -2.38. The van der Waals surface area contributed by atoms with Crippen LogP contribution in [0.25, 0.3) is 0 Å². The van der Waals surface area contributed by atoms with Gasteiger partial charge in [0.05, 0.1) is 6.34 Å². The number of carbonyl (C=O) groups is 2. The number of nitrogens with zero attached hydrogens (tertiary/aromatic N) is 1. The quantitative estimate of drug-likeness (QED) is 0.350. The van der Waals surface area contributed by atoms with Gasteiger partial charge in [-0.3, -0.25) is 9.59 Å². The average Bonchev–Trinajstić information content (AvgIpc) is 1.83. The first-order valence-corrected chi connectivity index (χ1v) is 3.47. The molecule has 1 heterocycles. The lowest BCUT2D eigenvalue weighted by Gasteiger charge is -2.07. The van der Waals surface area contributed by atoms with Gasteiger partial charge in [0.15, 0.2) is 3.92 Å². The van der Waals surface area contributed by atoms with Crippen molar-refractivity contribution in [3.8, 4) is 0 Å². The molecule has 2 amide bonds. The van der Waals surface area contributed by atoms with Crippen molar-refractivity contribution in [3.63, 3.8) is 0 Å². The van der Waals surface area contributed by atoms with Crippen LogP contribution in [0.4, 0.5) is 0 Å². The van der Waals surface area contributed by atoms with Gasteiger partial charge in [-0.15, -0.1) is 0 Å². The van der Waals surface area contributed by atoms with Crippen LogP contribution in [0.1, 0.15) is 0 Å². The summed E-state index contributed by atoms with van der Waals surface area (Å²) in [5.41, 5.74) is 0. The summed E-state index contributed by atoms with van der Waals surface area (Å²) in [5.74, 6) is -0.685. The first-order valence-electron chi connectivity index (χ1n) is 2.22. The highest BCUT2D eigenvalue weighted by atomic mass is 127. The van der Waals surface area contributed by atoms with Gasteiger partial charge in [0, 0.05) is 0 Å². The maximum atomic E-state index is 10.6. The molecule has 0 saturated carbocycles. The second-order valence-electron chi connectivity index (χ2n) is 1.47. The Balaban J connectivity index is 2.81. The third-order valence-corrected chi connectivity index (χ3v) is 1.94. The van der Waals surface area contributed by atoms with E-state index in [0.717, 1.165) is 6.34 Å². The standard InChI is InChI=1S/C4H3IN2O2/c5-2-3(8)6-1-7-4(2)9/h1-2H,(H,6,7,8,9). The predicted octanol–water partition coefficient (Wildman–Crippen LogP) is -0.525. The molecule has 1 aliphatic heterocycles. The number of aliphatic imine (C=N–C) groups is 1. The Morgan fingerprint density at radius 2 is 2.33 bits per heavy atom. The Kier molecular flexibility index (Phi) is 1.79. The number of rotatable bonds is 0. The summed E-state index contributed by atoms with van der Waals surface area (Å²) in [5, 5.41) is 2.30. The first kappa shape index (κ1) is 6.66. The second-order valence-corrected chi connectivity index (χ2v) is 2.71. The molecule has 1 unspecified atom stereocenters. The van der Waals surface area contributed by atoms with Gasteiger partial charge in [-0.1, -0.05) is 22.6 Å². The van der Waals surface area contributed by atoms with Crippen LogP contribution in [0.5, 0.6) is 0 Å². The van der Waals surface area contributed by atoms with Crippen LogP contribution in [-0.2, 0) is 9.59 Å². The lowest BCUT2D eigenvalue weighted by molar-refractivity contribution is -0.126. The van der Waals surface area contributed by atoms with Gasteiger partial charge in [0.1, 0.15) is 0 Å². The van der Waals surface area contributed by atoms with E-state index in [1.807, 2.05) is 0 Å². The summed E-state index contributed by atoms with van der Waals surface area (Å²) in [6.07, 6.45) is 1.11. The minimum atomic E-state index is -0.646. The van der Waals surface area contributed by atoms with Crippen LogP contribution < -0.4 is 5.32 Å². The summed E-state index contributed by atoms with van der Waals surface area (Å²) in [6.45, 7) is 0. The molecule has 1 rings (SSSR count). The van der Waals surface area contributed by atoms with Gasteiger partial charge in [-0.2, -0.15) is 0 Å². The van der Waals surface area contributed by atoms with Crippen LogP contribution in [0, 0.1) is 0 Å². The smallest absolute Gasteiger partial charge is 0.269 e. The number of alkyl halides is 1. The Morgan fingerprint density at radius 1 is 1.67 bits per heavy atom. The highest BCUT2D eigenvalue weighted by Gasteiger charge is 2.24. The van der Waals surface area contributed by atoms with Crippen LogP contribution >= 0.6 is 22.6 Å². The van der Waals surface area contributed by atoms with E-state index in [1.165, 1.54) is 0 Å². The van der Waals surface area contributed by atoms with Crippen molar-refractivity contribution < 1.29 is 9.59 Å². The van der Waals surface area contributed by atoms with Crippen molar-refractivity contribution in [2.24, 2.45) is 4.99 Å². The van der Waals surface area contributed by atoms with Crippen molar-refractivity contribution in [2.45, 2.75) is 3.92 Å². The molecule has 0 spiro atoms. The summed E-state index contributed by atoms with van der Waals surface area (Å²) in [7, 11) is 0. The van der Waals surface area contributed by atoms with Gasteiger partial charge in [-0.25, -0.2) is 4.99 Å². The maximum Gasteiger partial charge on any atom is 0.269 e. The molecule has 0 aromatic carbocycles. The van der Waals surface area contributed by atoms with Crippen LogP contribution in [0.2, 0.25) is 0 Å². The number of amides is 2. The zero-order valence-corrected chi connectivity index (χ0v) is 6.45. The zero-order chi connectivity index (χ0) is 6.85. The van der Waals surface area contributed by atoms with E-state index in [1.54, 1.807) is 22.6 Å². The summed E-state index contributed by atoms with van der Waals surface area (Å²) < 4.78 is -0.646. The van der Waals surface area contributed by atoms with E-state index < -0.39 is 3.92 Å². The normalized spacial score (nSPS) is 26.1. The fourth-order valence-electron chi connectivity index (χ4n) is 0.410. The molecule has 48 valence electrons. The number of hydrogen-bond donors (Lipinski definition) is 1. The number of hydrogen-bond acceptors (Lipinski definition) is 2. The van der Waals surface area contributed by atoms with Crippen molar-refractivity contribution in [1.82, 2.24) is 5.32 Å². The van der Waals surface area contributed by atoms with Crippen LogP contribution in [0.3, 0.4) is 0 Å². The van der Waals surface area contributed by atoms with Gasteiger partial charge in [0.25, 0.3) is 5.91 Å². The largest absolute Gasteiger partial charge is 0.315 e. The molecule has 0 aromatic heterocycles. The molecule has 1 aliphatic rings. The van der Waals surface area contributed by atoms with E-state index in [-0.39, 0.29) is 11.8 Å². The summed E-state index contributed by atoms with van der Waals surface area (Å²) in [6, 6.07) is 0. The molecule has 0 bridgehead atoms. The van der Waals surface area contributed by atoms with Crippen molar-refractivity contribution in [3.05, 3.63) is 0 Å². The van der Waals surface area contributed by atoms with E-state index in [0.29, 0.717) is 0 Å². The summed E-state index contributed by atoms with van der Waals surface area (Å²) in [4.78, 5) is 24.5. The third kappa shape index (κ3) is 1.26. The molecule has 1 atom stereocenters. The summed E-state index contributed by atoms with van der Waals surface area (Å²) >= 11 is 1.73. The molecule has 0 aromatic rings. The molecule has 4 nitrogen and oxygen atoms in total. The highest BCUT2D eigenvalue weighted by Crippen LogP contribution is 2.04. The van der Waals surface area contributed by atoms with Gasteiger partial charge in [0.2, 0.25) is 5.91 Å². The number of halogens is 1. The zero-order valence-electron chi connectivity index (χ0n) is 4.30. The molecule has 0 aliphatic carbocycles. The molecule has 0 radical (unpaired) electrons. The van der Waals surface area contributed by atoms with E-state index >= 15 is 0 Å². The van der Waals surface area contributed by atoms with E-state index in [4.69, 9.17) is 0 Å². The van der Waals surface area contributed by atoms with Gasteiger partial charge in [-0.05, 0) is 0 Å². The Labute approximate surface area is 64.9 Å². The molecule has 1 N–H and O–H groups in total. The molecule has 5 heteroatoms. The van der Waals surface area contributed by atoms with Crippen molar-refractivity contribution >= 4 is 40.7 Å². The van der Waals surface area contributed by atoms with Crippen molar-refractivity contribution in [1.29, 1.82) is 0 Å². The third-order valence-electron chi connectivity index (χ3n) is 0.846. The number of nitrogens with one attached hydrogen (secondary N) is 1. The molecular weight excluding hydrogens is 235 g/mol. The lowest BCUT2D eigenvalue weighted by atomic mass is 10.4. The minimum absolute atomic E-state index is 0.296. The van der Waals surface area contributed by atoms with Crippen molar-refractivity contribution in [2.75, 3.05) is 0 Å². The van der Waals surface area contributed by atoms with Gasteiger partial charge >= 0.3 is 0 Å². The monoisotopic (exact) mass is 238 g/mol. The maximum absolute atomic E-state index is 10.6. The fraction of sp³-hybridized carbons (Fsp3) is 0.250. The van der Waals surface area contributed by atoms with Gasteiger partial charge < -0.3 is 5.32 Å². The first-order chi connectivity index (χ1) is 4.22. The Morgan fingerprint density at radius 3 is 2.78 bits per heavy atom. The topological polar surface area (TPSA) is 58.5 Å². The van der Waals surface area contributed by atoms with Crippen LogP contribution in [-0.4, -0.2) is 22.1 Å². The second kappa shape index (κ2) is 2.42. The molecule has 0 saturated heterocycles. The fourth-order valence-corrected chi connectivity index (χ4v) is 0.751. The SMILES string of the molecule is O=C1N=CNC(=O)C1I. The average molecular weight is 238 g/mol. The van der Waals surface area contributed by atoms with Crippen LogP contribution in [0.15, 0.2) is 4.99 Å². The van der Waals surface area contributed by atoms with E-state index in [2.05, 4.69) is 10.3 Å².